The van der Waals surface area contributed by atoms with Gasteiger partial charge < -0.3 is 10.4 Å². The Morgan fingerprint density at radius 3 is 2.35 bits per heavy atom. The van der Waals surface area contributed by atoms with E-state index in [-0.39, 0.29) is 17.8 Å². The maximum Gasteiger partial charge on any atom is 0.232 e. The molecule has 0 bridgehead atoms. The lowest BCUT2D eigenvalue weighted by molar-refractivity contribution is -0.120. The van der Waals surface area contributed by atoms with Crippen molar-refractivity contribution in [1.82, 2.24) is 5.32 Å². The van der Waals surface area contributed by atoms with Gasteiger partial charge in [-0.05, 0) is 30.4 Å². The van der Waals surface area contributed by atoms with E-state index in [2.05, 4.69) is 19.2 Å². The van der Waals surface area contributed by atoms with Crippen molar-refractivity contribution in [3.63, 3.8) is 0 Å². The molecule has 2 N–H and O–H groups in total. The summed E-state index contributed by atoms with van der Waals surface area (Å²) in [4.78, 5) is 11.9. The van der Waals surface area contributed by atoms with Crippen LogP contribution in [-0.2, 0) is 17.2 Å². The zero-order valence-electron chi connectivity index (χ0n) is 12.6. The van der Waals surface area contributed by atoms with Crippen LogP contribution in [0.1, 0.15) is 38.3 Å². The average molecular weight is 295 g/mol. The lowest BCUT2D eigenvalue weighted by Crippen LogP contribution is -2.32. The molecule has 0 spiro atoms. The van der Waals surface area contributed by atoms with Gasteiger partial charge in [-0.3, -0.25) is 4.79 Å². The topological polar surface area (TPSA) is 49.3 Å². The number of amides is 1. The van der Waals surface area contributed by atoms with Crippen LogP contribution in [0.3, 0.4) is 0 Å². The number of carbonyl (C=O) groups excluding carboxylic acids is 1. The number of benzene rings is 1. The van der Waals surface area contributed by atoms with Gasteiger partial charge in [0.2, 0.25) is 5.91 Å². The van der Waals surface area contributed by atoms with Gasteiger partial charge >= 0.3 is 0 Å². The molecule has 0 heterocycles. The fraction of sp³-hybridized carbons (Fsp3) is 0.562. The number of nitrogens with one attached hydrogen (secondary N) is 1. The van der Waals surface area contributed by atoms with E-state index < -0.39 is 0 Å². The van der Waals surface area contributed by atoms with Crippen LogP contribution >= 0.6 is 11.8 Å². The minimum Gasteiger partial charge on any atom is -0.392 e. The molecule has 112 valence electrons. The molecule has 0 aliphatic heterocycles. The minimum absolute atomic E-state index is 0.0420. The largest absolute Gasteiger partial charge is 0.392 e. The number of aliphatic hydroxyl groups excluding tert-OH is 1. The van der Waals surface area contributed by atoms with Crippen molar-refractivity contribution >= 4 is 17.7 Å². The third kappa shape index (κ3) is 6.44. The molecule has 1 amide bonds. The summed E-state index contributed by atoms with van der Waals surface area (Å²) >= 11 is 1.64. The zero-order chi connectivity index (χ0) is 15.0. The molecule has 1 unspecified atom stereocenters. The molecule has 0 saturated heterocycles. The normalized spacial score (nSPS) is 12.4. The van der Waals surface area contributed by atoms with Crippen molar-refractivity contribution in [2.45, 2.75) is 44.8 Å². The van der Waals surface area contributed by atoms with Gasteiger partial charge in [-0.1, -0.05) is 38.1 Å². The van der Waals surface area contributed by atoms with Crippen LogP contribution in [0.25, 0.3) is 0 Å². The predicted octanol–water partition coefficient (Wildman–Crippen LogP) is 2.96. The molecule has 0 fully saturated rings. The number of thioether (sulfide) groups is 1. The Morgan fingerprint density at radius 1 is 1.20 bits per heavy atom. The maximum atomic E-state index is 11.9. The fourth-order valence-corrected chi connectivity index (χ4v) is 2.54. The van der Waals surface area contributed by atoms with Crippen LogP contribution in [0.2, 0.25) is 0 Å². The molecule has 1 atom stereocenters. The Balaban J connectivity index is 2.30. The standard InChI is InChI=1S/C16H25NO2S/c1-12(2)8-9-17-16(19)13(3)20-11-15-6-4-14(10-18)5-7-15/h4-7,12-13,18H,8-11H2,1-3H3,(H,17,19). The van der Waals surface area contributed by atoms with E-state index in [9.17, 15) is 4.79 Å². The van der Waals surface area contributed by atoms with Crippen LogP contribution in [-0.4, -0.2) is 22.8 Å². The summed E-state index contributed by atoms with van der Waals surface area (Å²) in [6.45, 7) is 7.08. The Bertz CT molecular complexity index is 403. The Hall–Kier alpha value is -1.00. The third-order valence-electron chi connectivity index (χ3n) is 3.10. The summed E-state index contributed by atoms with van der Waals surface area (Å²) in [7, 11) is 0. The molecule has 0 aliphatic rings. The van der Waals surface area contributed by atoms with Crippen LogP contribution in [0.15, 0.2) is 24.3 Å². The van der Waals surface area contributed by atoms with Gasteiger partial charge in [0.25, 0.3) is 0 Å². The van der Waals surface area contributed by atoms with Gasteiger partial charge in [0.05, 0.1) is 11.9 Å². The van der Waals surface area contributed by atoms with E-state index in [0.717, 1.165) is 24.3 Å². The summed E-state index contributed by atoms with van der Waals surface area (Å²) in [6, 6.07) is 7.84. The first kappa shape index (κ1) is 17.1. The molecular formula is C16H25NO2S. The molecule has 0 saturated carbocycles. The summed E-state index contributed by atoms with van der Waals surface area (Å²) in [5, 5.41) is 11.9. The van der Waals surface area contributed by atoms with Crippen molar-refractivity contribution < 1.29 is 9.90 Å². The van der Waals surface area contributed by atoms with Crippen LogP contribution in [0.5, 0.6) is 0 Å². The van der Waals surface area contributed by atoms with E-state index in [1.807, 2.05) is 31.2 Å². The monoisotopic (exact) mass is 295 g/mol. The van der Waals surface area contributed by atoms with Crippen molar-refractivity contribution in [3.05, 3.63) is 35.4 Å². The summed E-state index contributed by atoms with van der Waals surface area (Å²) < 4.78 is 0. The van der Waals surface area contributed by atoms with E-state index in [0.29, 0.717) is 5.92 Å². The second-order valence-electron chi connectivity index (χ2n) is 5.40. The second-order valence-corrected chi connectivity index (χ2v) is 6.73. The van der Waals surface area contributed by atoms with Gasteiger partial charge in [0.1, 0.15) is 0 Å². The van der Waals surface area contributed by atoms with Gasteiger partial charge in [-0.15, -0.1) is 11.8 Å². The maximum absolute atomic E-state index is 11.9. The van der Waals surface area contributed by atoms with E-state index >= 15 is 0 Å². The van der Waals surface area contributed by atoms with E-state index in [1.54, 1.807) is 11.8 Å². The highest BCUT2D eigenvalue weighted by molar-refractivity contribution is 7.99. The number of carbonyl (C=O) groups is 1. The van der Waals surface area contributed by atoms with Gasteiger partial charge in [-0.2, -0.15) is 0 Å². The highest BCUT2D eigenvalue weighted by Gasteiger charge is 2.12. The molecule has 1 aromatic rings. The van der Waals surface area contributed by atoms with Crippen molar-refractivity contribution in [3.8, 4) is 0 Å². The van der Waals surface area contributed by atoms with Crippen molar-refractivity contribution in [2.24, 2.45) is 5.92 Å². The van der Waals surface area contributed by atoms with Crippen LogP contribution in [0.4, 0.5) is 0 Å². The Kier molecular flexibility index (Phi) is 7.70. The molecule has 20 heavy (non-hydrogen) atoms. The average Bonchev–Trinajstić information content (AvgIpc) is 2.44. The molecule has 4 heteroatoms. The highest BCUT2D eigenvalue weighted by Crippen LogP contribution is 2.18. The number of hydrogen-bond donors (Lipinski definition) is 2. The predicted molar refractivity (Wildman–Crippen MR) is 85.6 cm³/mol. The first-order valence-corrected chi connectivity index (χ1v) is 8.15. The van der Waals surface area contributed by atoms with Gasteiger partial charge in [-0.25, -0.2) is 0 Å². The minimum atomic E-state index is -0.0420. The molecule has 1 rings (SSSR count). The fourth-order valence-electron chi connectivity index (χ4n) is 1.67. The molecule has 3 nitrogen and oxygen atoms in total. The van der Waals surface area contributed by atoms with Gasteiger partial charge in [0, 0.05) is 12.3 Å². The summed E-state index contributed by atoms with van der Waals surface area (Å²) in [6.07, 6.45) is 1.02. The molecule has 0 aliphatic carbocycles. The zero-order valence-corrected chi connectivity index (χ0v) is 13.4. The second kappa shape index (κ2) is 9.03. The van der Waals surface area contributed by atoms with Gasteiger partial charge in [0.15, 0.2) is 0 Å². The first-order chi connectivity index (χ1) is 9.52. The van der Waals surface area contributed by atoms with Crippen LogP contribution in [0, 0.1) is 5.92 Å². The molecule has 0 radical (unpaired) electrons. The Labute approximate surface area is 126 Å². The smallest absolute Gasteiger partial charge is 0.232 e. The quantitative estimate of drug-likeness (QED) is 0.775. The molecule has 1 aromatic carbocycles. The third-order valence-corrected chi connectivity index (χ3v) is 4.31. The number of aliphatic hydroxyl groups is 1. The SMILES string of the molecule is CC(C)CCNC(=O)C(C)SCc1ccc(CO)cc1. The number of rotatable bonds is 8. The number of hydrogen-bond acceptors (Lipinski definition) is 3. The van der Waals surface area contributed by atoms with E-state index in [4.69, 9.17) is 5.11 Å². The molecular weight excluding hydrogens is 270 g/mol. The lowest BCUT2D eigenvalue weighted by atomic mass is 10.1. The Morgan fingerprint density at radius 2 is 1.80 bits per heavy atom. The van der Waals surface area contributed by atoms with Crippen LogP contribution < -0.4 is 5.32 Å². The van der Waals surface area contributed by atoms with Crippen molar-refractivity contribution in [2.75, 3.05) is 6.54 Å². The van der Waals surface area contributed by atoms with E-state index in [1.165, 1.54) is 5.56 Å². The summed E-state index contributed by atoms with van der Waals surface area (Å²) in [5.41, 5.74) is 2.09. The first-order valence-electron chi connectivity index (χ1n) is 7.11. The molecule has 0 aromatic heterocycles. The highest BCUT2D eigenvalue weighted by atomic mass is 32.2. The lowest BCUT2D eigenvalue weighted by Gasteiger charge is -2.13. The summed E-state index contributed by atoms with van der Waals surface area (Å²) in [5.74, 6) is 1.54. The van der Waals surface area contributed by atoms with Crippen molar-refractivity contribution in [1.29, 1.82) is 0 Å².